The maximum atomic E-state index is 13.6. The zero-order chi connectivity index (χ0) is 13.0. The molecule has 1 heterocycles. The van der Waals surface area contributed by atoms with E-state index in [0.717, 1.165) is 6.54 Å². The smallest absolute Gasteiger partial charge is 0.146 e. The van der Waals surface area contributed by atoms with E-state index in [1.807, 2.05) is 23.9 Å². The van der Waals surface area contributed by atoms with Crippen molar-refractivity contribution in [2.24, 2.45) is 0 Å². The van der Waals surface area contributed by atoms with Crippen molar-refractivity contribution in [2.45, 2.75) is 26.1 Å². The van der Waals surface area contributed by atoms with E-state index in [1.165, 1.54) is 0 Å². The van der Waals surface area contributed by atoms with Gasteiger partial charge in [0, 0.05) is 30.5 Å². The van der Waals surface area contributed by atoms with Gasteiger partial charge in [-0.3, -0.25) is 4.68 Å². The number of nitrogens with zero attached hydrogens (tertiary/aromatic N) is 2. The molecule has 2 aromatic rings. The van der Waals surface area contributed by atoms with Gasteiger partial charge in [-0.1, -0.05) is 23.7 Å². The van der Waals surface area contributed by atoms with Crippen molar-refractivity contribution in [3.05, 3.63) is 53.1 Å². The third-order valence-corrected chi connectivity index (χ3v) is 2.98. The highest BCUT2D eigenvalue weighted by Crippen LogP contribution is 2.17. The summed E-state index contributed by atoms with van der Waals surface area (Å²) in [5.41, 5.74) is 0.579. The fraction of sp³-hybridized carbons (Fsp3) is 0.308. The molecule has 0 saturated carbocycles. The molecule has 0 aliphatic rings. The first kappa shape index (κ1) is 13.1. The molecule has 1 unspecified atom stereocenters. The fourth-order valence-corrected chi connectivity index (χ4v) is 1.92. The number of nitrogens with one attached hydrogen (secondary N) is 1. The van der Waals surface area contributed by atoms with Gasteiger partial charge in [0.05, 0.1) is 11.6 Å². The first-order valence-electron chi connectivity index (χ1n) is 5.80. The van der Waals surface area contributed by atoms with Crippen LogP contribution < -0.4 is 5.32 Å². The van der Waals surface area contributed by atoms with E-state index in [4.69, 9.17) is 11.6 Å². The standard InChI is InChI=1S/C13H15ClFN3/c1-10(9-18-7-3-6-17-18)16-8-11-4-2-5-12(14)13(11)15/h2-7,10,16H,8-9H2,1H3. The lowest BCUT2D eigenvalue weighted by molar-refractivity contribution is 0.445. The molecule has 0 spiro atoms. The molecule has 0 saturated heterocycles. The highest BCUT2D eigenvalue weighted by molar-refractivity contribution is 6.30. The van der Waals surface area contributed by atoms with Crippen molar-refractivity contribution >= 4 is 11.6 Å². The lowest BCUT2D eigenvalue weighted by atomic mass is 10.2. The maximum Gasteiger partial charge on any atom is 0.146 e. The predicted molar refractivity (Wildman–Crippen MR) is 69.9 cm³/mol. The Kier molecular flexibility index (Phi) is 4.33. The Balaban J connectivity index is 1.89. The molecule has 0 amide bonds. The van der Waals surface area contributed by atoms with Crippen LogP contribution in [0.5, 0.6) is 0 Å². The van der Waals surface area contributed by atoms with E-state index in [-0.39, 0.29) is 16.9 Å². The molecule has 1 aromatic heterocycles. The van der Waals surface area contributed by atoms with Crippen molar-refractivity contribution in [3.8, 4) is 0 Å². The van der Waals surface area contributed by atoms with Crippen LogP contribution in [0.25, 0.3) is 0 Å². The second kappa shape index (κ2) is 5.98. The highest BCUT2D eigenvalue weighted by Gasteiger charge is 2.08. The highest BCUT2D eigenvalue weighted by atomic mass is 35.5. The second-order valence-corrected chi connectivity index (χ2v) is 4.63. The molecule has 0 bridgehead atoms. The van der Waals surface area contributed by atoms with Gasteiger partial charge in [-0.25, -0.2) is 4.39 Å². The zero-order valence-electron chi connectivity index (χ0n) is 10.1. The monoisotopic (exact) mass is 267 g/mol. The van der Waals surface area contributed by atoms with Crippen LogP contribution in [-0.2, 0) is 13.1 Å². The van der Waals surface area contributed by atoms with Crippen LogP contribution in [0, 0.1) is 5.82 Å². The number of rotatable bonds is 5. The Morgan fingerprint density at radius 3 is 3.00 bits per heavy atom. The SMILES string of the molecule is CC(Cn1cccn1)NCc1cccc(Cl)c1F. The topological polar surface area (TPSA) is 29.9 Å². The van der Waals surface area contributed by atoms with Crippen molar-refractivity contribution in [2.75, 3.05) is 0 Å². The third kappa shape index (κ3) is 3.31. The van der Waals surface area contributed by atoms with Gasteiger partial charge in [0.1, 0.15) is 5.82 Å². The zero-order valence-corrected chi connectivity index (χ0v) is 10.9. The third-order valence-electron chi connectivity index (χ3n) is 2.69. The maximum absolute atomic E-state index is 13.6. The minimum absolute atomic E-state index is 0.161. The molecule has 5 heteroatoms. The number of hydrogen-bond acceptors (Lipinski definition) is 2. The summed E-state index contributed by atoms with van der Waals surface area (Å²) < 4.78 is 15.5. The van der Waals surface area contributed by atoms with Crippen molar-refractivity contribution in [3.63, 3.8) is 0 Å². The Morgan fingerprint density at radius 2 is 2.28 bits per heavy atom. The summed E-state index contributed by atoms with van der Waals surface area (Å²) in [6.07, 6.45) is 3.64. The number of halogens is 2. The Morgan fingerprint density at radius 1 is 1.44 bits per heavy atom. The van der Waals surface area contributed by atoms with Gasteiger partial charge >= 0.3 is 0 Å². The molecular weight excluding hydrogens is 253 g/mol. The largest absolute Gasteiger partial charge is 0.308 e. The minimum Gasteiger partial charge on any atom is -0.308 e. The summed E-state index contributed by atoms with van der Waals surface area (Å²) in [5.74, 6) is -0.349. The molecule has 0 aliphatic carbocycles. The molecule has 1 atom stereocenters. The quantitative estimate of drug-likeness (QED) is 0.903. The van der Waals surface area contributed by atoms with Crippen molar-refractivity contribution in [1.29, 1.82) is 0 Å². The first-order chi connectivity index (χ1) is 8.66. The average molecular weight is 268 g/mol. The molecule has 2 rings (SSSR count). The van der Waals surface area contributed by atoms with Gasteiger partial charge < -0.3 is 5.32 Å². The summed E-state index contributed by atoms with van der Waals surface area (Å²) >= 11 is 5.73. The van der Waals surface area contributed by atoms with Gasteiger partial charge in [-0.05, 0) is 19.1 Å². The molecule has 0 aliphatic heterocycles. The minimum atomic E-state index is -0.349. The second-order valence-electron chi connectivity index (χ2n) is 4.22. The number of hydrogen-bond donors (Lipinski definition) is 1. The summed E-state index contributed by atoms with van der Waals surface area (Å²) in [6, 6.07) is 7.11. The molecule has 18 heavy (non-hydrogen) atoms. The molecular formula is C13H15ClFN3. The van der Waals surface area contributed by atoms with Gasteiger partial charge in [0.15, 0.2) is 0 Å². The van der Waals surface area contributed by atoms with Crippen LogP contribution in [0.1, 0.15) is 12.5 Å². The lowest BCUT2D eigenvalue weighted by Gasteiger charge is -2.14. The molecule has 96 valence electrons. The van der Waals surface area contributed by atoms with E-state index >= 15 is 0 Å². The van der Waals surface area contributed by atoms with Crippen molar-refractivity contribution in [1.82, 2.24) is 15.1 Å². The van der Waals surface area contributed by atoms with Crippen LogP contribution in [0.3, 0.4) is 0 Å². The Bertz CT molecular complexity index is 499. The van der Waals surface area contributed by atoms with E-state index in [1.54, 1.807) is 24.4 Å². The molecule has 1 N–H and O–H groups in total. The van der Waals surface area contributed by atoms with Crippen LogP contribution >= 0.6 is 11.6 Å². The van der Waals surface area contributed by atoms with E-state index in [0.29, 0.717) is 12.1 Å². The van der Waals surface area contributed by atoms with E-state index in [2.05, 4.69) is 10.4 Å². The number of benzene rings is 1. The Hall–Kier alpha value is -1.39. The summed E-state index contributed by atoms with van der Waals surface area (Å²) in [7, 11) is 0. The van der Waals surface area contributed by atoms with Gasteiger partial charge in [-0.2, -0.15) is 5.10 Å². The summed E-state index contributed by atoms with van der Waals surface area (Å²) in [4.78, 5) is 0. The molecule has 3 nitrogen and oxygen atoms in total. The van der Waals surface area contributed by atoms with Crippen LogP contribution in [0.15, 0.2) is 36.7 Å². The van der Waals surface area contributed by atoms with Gasteiger partial charge in [0.25, 0.3) is 0 Å². The molecule has 0 radical (unpaired) electrons. The predicted octanol–water partition coefficient (Wildman–Crippen LogP) is 2.85. The normalized spacial score (nSPS) is 12.6. The van der Waals surface area contributed by atoms with E-state index in [9.17, 15) is 4.39 Å². The van der Waals surface area contributed by atoms with Gasteiger partial charge in [-0.15, -0.1) is 0 Å². The Labute approximate surface area is 111 Å². The van der Waals surface area contributed by atoms with Crippen LogP contribution in [0.4, 0.5) is 4.39 Å². The van der Waals surface area contributed by atoms with Crippen LogP contribution in [0.2, 0.25) is 5.02 Å². The fourth-order valence-electron chi connectivity index (χ4n) is 1.72. The van der Waals surface area contributed by atoms with Crippen LogP contribution in [-0.4, -0.2) is 15.8 Å². The first-order valence-corrected chi connectivity index (χ1v) is 6.18. The molecule has 0 fully saturated rings. The number of aromatic nitrogens is 2. The van der Waals surface area contributed by atoms with Gasteiger partial charge in [0.2, 0.25) is 0 Å². The van der Waals surface area contributed by atoms with E-state index < -0.39 is 0 Å². The lowest BCUT2D eigenvalue weighted by Crippen LogP contribution is -2.30. The average Bonchev–Trinajstić information content (AvgIpc) is 2.84. The van der Waals surface area contributed by atoms with Crippen molar-refractivity contribution < 1.29 is 4.39 Å². The summed E-state index contributed by atoms with van der Waals surface area (Å²) in [6.45, 7) is 3.23. The summed E-state index contributed by atoms with van der Waals surface area (Å²) in [5, 5.41) is 7.53. The molecule has 1 aromatic carbocycles.